The van der Waals surface area contributed by atoms with E-state index in [0.717, 1.165) is 32.4 Å². The molecule has 1 aliphatic heterocycles. The minimum atomic E-state index is -0.139. The van der Waals surface area contributed by atoms with Gasteiger partial charge < -0.3 is 4.90 Å². The van der Waals surface area contributed by atoms with Gasteiger partial charge in [-0.3, -0.25) is 9.59 Å². The third-order valence-electron chi connectivity index (χ3n) is 3.97. The van der Waals surface area contributed by atoms with Crippen LogP contribution in [-0.2, 0) is 6.54 Å². The Morgan fingerprint density at radius 3 is 2.57 bits per heavy atom. The molecule has 2 unspecified atom stereocenters. The smallest absolute Gasteiger partial charge is 0.274 e. The molecule has 5 heteroatoms. The average Bonchev–Trinajstić information content (AvgIpc) is 2.44. The van der Waals surface area contributed by atoms with Crippen molar-refractivity contribution in [1.29, 1.82) is 0 Å². The molecule has 0 aromatic carbocycles. The first kappa shape index (κ1) is 15.7. The Kier molecular flexibility index (Phi) is 5.15. The number of hydrogen-bond donors (Lipinski definition) is 0. The van der Waals surface area contributed by atoms with E-state index in [9.17, 15) is 9.59 Å². The summed E-state index contributed by atoms with van der Waals surface area (Å²) in [7, 11) is 0. The zero-order valence-electron chi connectivity index (χ0n) is 13.2. The van der Waals surface area contributed by atoms with Gasteiger partial charge in [0.2, 0.25) is 0 Å². The van der Waals surface area contributed by atoms with Crippen molar-refractivity contribution in [1.82, 2.24) is 14.7 Å². The number of hydrogen-bond acceptors (Lipinski definition) is 3. The second-order valence-electron chi connectivity index (χ2n) is 6.29. The van der Waals surface area contributed by atoms with Crippen LogP contribution in [0.15, 0.2) is 16.9 Å². The Labute approximate surface area is 126 Å². The van der Waals surface area contributed by atoms with E-state index in [0.29, 0.717) is 24.1 Å². The molecule has 1 aliphatic rings. The van der Waals surface area contributed by atoms with Crippen molar-refractivity contribution in [3.63, 3.8) is 0 Å². The Morgan fingerprint density at radius 1 is 1.29 bits per heavy atom. The van der Waals surface area contributed by atoms with Crippen LogP contribution < -0.4 is 5.56 Å². The van der Waals surface area contributed by atoms with Crippen LogP contribution in [0.2, 0.25) is 0 Å². The Morgan fingerprint density at radius 2 is 1.95 bits per heavy atom. The lowest BCUT2D eigenvalue weighted by molar-refractivity contribution is 0.0614. The van der Waals surface area contributed by atoms with Crippen LogP contribution in [0.3, 0.4) is 0 Å². The van der Waals surface area contributed by atoms with E-state index in [4.69, 9.17) is 0 Å². The minimum absolute atomic E-state index is 0.0568. The van der Waals surface area contributed by atoms with Gasteiger partial charge >= 0.3 is 0 Å². The van der Waals surface area contributed by atoms with E-state index in [2.05, 4.69) is 25.9 Å². The van der Waals surface area contributed by atoms with E-state index >= 15 is 0 Å². The zero-order chi connectivity index (χ0) is 15.4. The SMILES string of the molecule is CCCCn1nc(C(=O)N2CC(C)CC(C)C2)ccc1=O. The molecule has 0 aliphatic carbocycles. The van der Waals surface area contributed by atoms with Gasteiger partial charge in [-0.05, 0) is 30.7 Å². The summed E-state index contributed by atoms with van der Waals surface area (Å²) >= 11 is 0. The number of piperidine rings is 1. The van der Waals surface area contributed by atoms with Gasteiger partial charge in [-0.25, -0.2) is 4.68 Å². The zero-order valence-corrected chi connectivity index (χ0v) is 13.2. The van der Waals surface area contributed by atoms with E-state index < -0.39 is 0 Å². The Hall–Kier alpha value is -1.65. The summed E-state index contributed by atoms with van der Waals surface area (Å²) in [5.41, 5.74) is 0.243. The number of rotatable bonds is 4. The number of aromatic nitrogens is 2. The molecular weight excluding hydrogens is 266 g/mol. The van der Waals surface area contributed by atoms with Gasteiger partial charge in [-0.1, -0.05) is 27.2 Å². The van der Waals surface area contributed by atoms with E-state index in [1.807, 2.05) is 4.90 Å². The summed E-state index contributed by atoms with van der Waals surface area (Å²) in [6, 6.07) is 3.00. The molecule has 2 heterocycles. The van der Waals surface area contributed by atoms with Crippen molar-refractivity contribution < 1.29 is 4.79 Å². The highest BCUT2D eigenvalue weighted by Crippen LogP contribution is 2.21. The van der Waals surface area contributed by atoms with Gasteiger partial charge in [0.15, 0.2) is 0 Å². The van der Waals surface area contributed by atoms with Gasteiger partial charge in [-0.15, -0.1) is 0 Å². The molecule has 5 nitrogen and oxygen atoms in total. The van der Waals surface area contributed by atoms with Gasteiger partial charge in [-0.2, -0.15) is 5.10 Å². The molecule has 2 atom stereocenters. The second-order valence-corrected chi connectivity index (χ2v) is 6.29. The van der Waals surface area contributed by atoms with E-state index in [-0.39, 0.29) is 11.5 Å². The van der Waals surface area contributed by atoms with Crippen molar-refractivity contribution in [2.45, 2.75) is 46.6 Å². The highest BCUT2D eigenvalue weighted by atomic mass is 16.2. The number of nitrogens with zero attached hydrogens (tertiary/aromatic N) is 3. The topological polar surface area (TPSA) is 55.2 Å². The first-order chi connectivity index (χ1) is 10.0. The lowest BCUT2D eigenvalue weighted by Gasteiger charge is -2.34. The molecule has 2 rings (SSSR count). The predicted octanol–water partition coefficient (Wildman–Crippen LogP) is 2.16. The number of carbonyl (C=O) groups is 1. The molecule has 1 saturated heterocycles. The molecule has 1 aromatic heterocycles. The number of amides is 1. The Balaban J connectivity index is 2.17. The van der Waals surface area contributed by atoms with E-state index in [1.165, 1.54) is 10.7 Å². The van der Waals surface area contributed by atoms with Gasteiger partial charge in [0.1, 0.15) is 5.69 Å². The summed E-state index contributed by atoms with van der Waals surface area (Å²) in [5, 5.41) is 4.25. The fraction of sp³-hybridized carbons (Fsp3) is 0.688. The number of aryl methyl sites for hydroxylation is 1. The molecule has 0 radical (unpaired) electrons. The van der Waals surface area contributed by atoms with Crippen molar-refractivity contribution in [3.8, 4) is 0 Å². The van der Waals surface area contributed by atoms with Crippen LogP contribution in [0.1, 0.15) is 50.5 Å². The van der Waals surface area contributed by atoms with Gasteiger partial charge in [0, 0.05) is 25.7 Å². The standard InChI is InChI=1S/C16H25N3O2/c1-4-5-8-19-15(20)7-6-14(17-19)16(21)18-10-12(2)9-13(3)11-18/h6-7,12-13H,4-5,8-11H2,1-3H3. The van der Waals surface area contributed by atoms with Gasteiger partial charge in [0.05, 0.1) is 0 Å². The van der Waals surface area contributed by atoms with Crippen molar-refractivity contribution in [2.75, 3.05) is 13.1 Å². The quantitative estimate of drug-likeness (QED) is 0.854. The number of likely N-dealkylation sites (tertiary alicyclic amines) is 1. The minimum Gasteiger partial charge on any atom is -0.337 e. The van der Waals surface area contributed by atoms with Crippen LogP contribution in [0.5, 0.6) is 0 Å². The van der Waals surface area contributed by atoms with Crippen LogP contribution in [-0.4, -0.2) is 33.7 Å². The summed E-state index contributed by atoms with van der Waals surface area (Å²) in [5.74, 6) is 0.978. The summed E-state index contributed by atoms with van der Waals surface area (Å²) in [6.45, 7) is 8.54. The first-order valence-electron chi connectivity index (χ1n) is 7.88. The normalized spacial score (nSPS) is 22.3. The lowest BCUT2D eigenvalue weighted by Crippen LogP contribution is -2.43. The fourth-order valence-electron chi connectivity index (χ4n) is 3.02. The van der Waals surface area contributed by atoms with Crippen molar-refractivity contribution in [2.24, 2.45) is 11.8 Å². The molecular formula is C16H25N3O2. The second kappa shape index (κ2) is 6.87. The summed E-state index contributed by atoms with van der Waals surface area (Å²) in [6.07, 6.45) is 3.04. The lowest BCUT2D eigenvalue weighted by atomic mass is 9.92. The molecule has 0 saturated carbocycles. The molecule has 0 spiro atoms. The van der Waals surface area contributed by atoms with Crippen LogP contribution in [0, 0.1) is 11.8 Å². The Bertz CT molecular complexity index is 543. The predicted molar refractivity (Wildman–Crippen MR) is 82.3 cm³/mol. The van der Waals surface area contributed by atoms with Crippen molar-refractivity contribution in [3.05, 3.63) is 28.2 Å². The average molecular weight is 291 g/mol. The van der Waals surface area contributed by atoms with Crippen LogP contribution in [0.4, 0.5) is 0 Å². The molecule has 0 N–H and O–H groups in total. The maximum Gasteiger partial charge on any atom is 0.274 e. The number of unbranched alkanes of at least 4 members (excludes halogenated alkanes) is 1. The summed E-state index contributed by atoms with van der Waals surface area (Å²) in [4.78, 5) is 26.2. The van der Waals surface area contributed by atoms with E-state index in [1.54, 1.807) is 6.07 Å². The van der Waals surface area contributed by atoms with Crippen LogP contribution in [0.25, 0.3) is 0 Å². The third kappa shape index (κ3) is 3.93. The fourth-order valence-corrected chi connectivity index (χ4v) is 3.02. The highest BCUT2D eigenvalue weighted by molar-refractivity contribution is 5.92. The largest absolute Gasteiger partial charge is 0.337 e. The molecule has 1 amide bonds. The monoisotopic (exact) mass is 291 g/mol. The number of carbonyl (C=O) groups excluding carboxylic acids is 1. The third-order valence-corrected chi connectivity index (χ3v) is 3.97. The molecule has 1 fully saturated rings. The molecule has 1 aromatic rings. The van der Waals surface area contributed by atoms with Crippen molar-refractivity contribution >= 4 is 5.91 Å². The summed E-state index contributed by atoms with van der Waals surface area (Å²) < 4.78 is 1.41. The maximum atomic E-state index is 12.6. The maximum absolute atomic E-state index is 12.6. The first-order valence-corrected chi connectivity index (χ1v) is 7.88. The van der Waals surface area contributed by atoms with Crippen LogP contribution >= 0.6 is 0 Å². The molecule has 116 valence electrons. The van der Waals surface area contributed by atoms with Gasteiger partial charge in [0.25, 0.3) is 11.5 Å². The molecule has 21 heavy (non-hydrogen) atoms. The highest BCUT2D eigenvalue weighted by Gasteiger charge is 2.27. The molecule has 0 bridgehead atoms.